The highest BCUT2D eigenvalue weighted by molar-refractivity contribution is 5.80. The first-order valence-electron chi connectivity index (χ1n) is 8.51. The summed E-state index contributed by atoms with van der Waals surface area (Å²) in [6, 6.07) is 18.7. The Morgan fingerprint density at radius 3 is 2.00 bits per heavy atom. The minimum absolute atomic E-state index is 0.0219. The van der Waals surface area contributed by atoms with Gasteiger partial charge < -0.3 is 19.7 Å². The monoisotopic (exact) mass is 337 g/mol. The molecule has 1 aliphatic heterocycles. The fourth-order valence-corrected chi connectivity index (χ4v) is 3.08. The summed E-state index contributed by atoms with van der Waals surface area (Å²) >= 11 is 0. The largest absolute Gasteiger partial charge is 0.550 e. The third kappa shape index (κ3) is 4.38. The molecule has 3 rings (SSSR count). The van der Waals surface area contributed by atoms with Gasteiger partial charge in [0.05, 0.1) is 0 Å². The van der Waals surface area contributed by atoms with Gasteiger partial charge in [-0.3, -0.25) is 4.79 Å². The minimum Gasteiger partial charge on any atom is -0.550 e. The summed E-state index contributed by atoms with van der Waals surface area (Å²) < 4.78 is 0. The quantitative estimate of drug-likeness (QED) is 0.830. The van der Waals surface area contributed by atoms with Crippen molar-refractivity contribution < 1.29 is 14.7 Å². The van der Waals surface area contributed by atoms with E-state index in [2.05, 4.69) is 41.3 Å². The number of hydrogen-bond donors (Lipinski definition) is 0. The van der Waals surface area contributed by atoms with E-state index in [0.29, 0.717) is 13.1 Å². The van der Waals surface area contributed by atoms with Crippen molar-refractivity contribution in [2.75, 3.05) is 31.1 Å². The molecule has 0 radical (unpaired) electrons. The van der Waals surface area contributed by atoms with Crippen molar-refractivity contribution in [1.82, 2.24) is 4.90 Å². The zero-order valence-electron chi connectivity index (χ0n) is 14.1. The first-order valence-corrected chi connectivity index (χ1v) is 8.51. The fourth-order valence-electron chi connectivity index (χ4n) is 3.08. The van der Waals surface area contributed by atoms with Crippen LogP contribution in [0.4, 0.5) is 5.69 Å². The third-order valence-electron chi connectivity index (χ3n) is 4.51. The molecule has 130 valence electrons. The number of rotatable bonds is 5. The molecule has 25 heavy (non-hydrogen) atoms. The maximum Gasteiger partial charge on any atom is 0.223 e. The van der Waals surface area contributed by atoms with Gasteiger partial charge in [-0.05, 0) is 29.7 Å². The summed E-state index contributed by atoms with van der Waals surface area (Å²) in [5.74, 6) is -1.28. The molecule has 1 heterocycles. The van der Waals surface area contributed by atoms with E-state index < -0.39 is 5.97 Å². The molecule has 0 aromatic heterocycles. The molecule has 0 bridgehead atoms. The summed E-state index contributed by atoms with van der Waals surface area (Å²) in [6.45, 7) is 2.74. The minimum atomic E-state index is -1.18. The lowest BCUT2D eigenvalue weighted by Gasteiger charge is -2.36. The summed E-state index contributed by atoms with van der Waals surface area (Å²) in [6.07, 6.45) is -0.186. The lowest BCUT2D eigenvalue weighted by atomic mass is 10.1. The van der Waals surface area contributed by atoms with Gasteiger partial charge >= 0.3 is 0 Å². The Kier molecular flexibility index (Phi) is 5.33. The molecule has 2 aromatic carbocycles. The molecule has 2 aromatic rings. The topological polar surface area (TPSA) is 63.7 Å². The molecule has 0 atom stereocenters. The van der Waals surface area contributed by atoms with Crippen LogP contribution in [0.1, 0.15) is 12.8 Å². The van der Waals surface area contributed by atoms with Crippen LogP contribution in [0.3, 0.4) is 0 Å². The van der Waals surface area contributed by atoms with Crippen LogP contribution in [0.5, 0.6) is 0 Å². The summed E-state index contributed by atoms with van der Waals surface area (Å²) in [4.78, 5) is 26.4. The Morgan fingerprint density at radius 2 is 1.40 bits per heavy atom. The van der Waals surface area contributed by atoms with Crippen molar-refractivity contribution in [3.63, 3.8) is 0 Å². The summed E-state index contributed by atoms with van der Waals surface area (Å²) in [5.41, 5.74) is 3.51. The van der Waals surface area contributed by atoms with Crippen LogP contribution in [0.2, 0.25) is 0 Å². The van der Waals surface area contributed by atoms with Gasteiger partial charge in [0.25, 0.3) is 0 Å². The van der Waals surface area contributed by atoms with Gasteiger partial charge in [-0.1, -0.05) is 42.5 Å². The molecule has 0 saturated carbocycles. The van der Waals surface area contributed by atoms with Crippen LogP contribution in [-0.4, -0.2) is 43.0 Å². The van der Waals surface area contributed by atoms with Crippen molar-refractivity contribution in [2.45, 2.75) is 12.8 Å². The average Bonchev–Trinajstić information content (AvgIpc) is 2.67. The maximum absolute atomic E-state index is 12.0. The predicted molar refractivity (Wildman–Crippen MR) is 94.9 cm³/mol. The third-order valence-corrected chi connectivity index (χ3v) is 4.51. The number of carbonyl (C=O) groups is 2. The van der Waals surface area contributed by atoms with Gasteiger partial charge in [0, 0.05) is 44.3 Å². The second-order valence-electron chi connectivity index (χ2n) is 6.15. The van der Waals surface area contributed by atoms with E-state index in [4.69, 9.17) is 0 Å². The van der Waals surface area contributed by atoms with E-state index in [1.807, 2.05) is 18.2 Å². The number of benzene rings is 2. The van der Waals surface area contributed by atoms with E-state index >= 15 is 0 Å². The predicted octanol–water partition coefficient (Wildman–Crippen LogP) is 1.53. The molecule has 5 nitrogen and oxygen atoms in total. The number of amides is 1. The van der Waals surface area contributed by atoms with Gasteiger partial charge in [0.15, 0.2) is 0 Å². The molecular weight excluding hydrogens is 316 g/mol. The molecule has 1 amide bonds. The highest BCUT2D eigenvalue weighted by Crippen LogP contribution is 2.23. The first kappa shape index (κ1) is 17.0. The van der Waals surface area contributed by atoms with Gasteiger partial charge in [0.2, 0.25) is 5.91 Å². The second-order valence-corrected chi connectivity index (χ2v) is 6.15. The molecule has 0 spiro atoms. The van der Waals surface area contributed by atoms with Gasteiger partial charge in [-0.25, -0.2) is 0 Å². The van der Waals surface area contributed by atoms with Gasteiger partial charge in [0.1, 0.15) is 0 Å². The normalized spacial score (nSPS) is 14.4. The highest BCUT2D eigenvalue weighted by Gasteiger charge is 2.20. The van der Waals surface area contributed by atoms with Crippen molar-refractivity contribution in [3.8, 4) is 11.1 Å². The Labute approximate surface area is 147 Å². The Bertz CT molecular complexity index is 720. The Morgan fingerprint density at radius 1 is 0.800 bits per heavy atom. The average molecular weight is 337 g/mol. The van der Waals surface area contributed by atoms with Crippen molar-refractivity contribution in [3.05, 3.63) is 54.6 Å². The number of carboxylic acid groups (broad SMARTS) is 1. The zero-order chi connectivity index (χ0) is 17.6. The molecule has 1 aliphatic rings. The maximum atomic E-state index is 12.0. The van der Waals surface area contributed by atoms with Crippen LogP contribution in [0.15, 0.2) is 54.6 Å². The van der Waals surface area contributed by atoms with Crippen molar-refractivity contribution in [1.29, 1.82) is 0 Å². The number of piperazine rings is 1. The van der Waals surface area contributed by atoms with Crippen LogP contribution in [0.25, 0.3) is 11.1 Å². The fraction of sp³-hybridized carbons (Fsp3) is 0.300. The van der Waals surface area contributed by atoms with E-state index in [1.165, 1.54) is 11.1 Å². The van der Waals surface area contributed by atoms with Crippen LogP contribution >= 0.6 is 0 Å². The second kappa shape index (κ2) is 7.83. The number of hydrogen-bond acceptors (Lipinski definition) is 4. The van der Waals surface area contributed by atoms with Crippen LogP contribution in [-0.2, 0) is 9.59 Å². The molecule has 1 fully saturated rings. The molecule has 1 saturated heterocycles. The number of nitrogens with zero attached hydrogens (tertiary/aromatic N) is 2. The molecular formula is C20H21N2O3-. The number of anilines is 1. The standard InChI is InChI=1S/C20H22N2O3/c23-19(10-11-20(24)25)22-14-12-21(13-15-22)18-8-6-17(7-9-18)16-4-2-1-3-5-16/h1-9H,10-15H2,(H,24,25)/p-1. The smallest absolute Gasteiger partial charge is 0.223 e. The lowest BCUT2D eigenvalue weighted by Crippen LogP contribution is -2.49. The van der Waals surface area contributed by atoms with Crippen LogP contribution in [0, 0.1) is 0 Å². The summed E-state index contributed by atoms with van der Waals surface area (Å²) in [5, 5.41) is 10.5. The van der Waals surface area contributed by atoms with Gasteiger partial charge in [-0.15, -0.1) is 0 Å². The van der Waals surface area contributed by atoms with Crippen LogP contribution < -0.4 is 10.0 Å². The van der Waals surface area contributed by atoms with Gasteiger partial charge in [-0.2, -0.15) is 0 Å². The first-order chi connectivity index (χ1) is 12.1. The molecule has 0 aliphatic carbocycles. The van der Waals surface area contributed by atoms with Crippen molar-refractivity contribution >= 4 is 17.6 Å². The lowest BCUT2D eigenvalue weighted by molar-refractivity contribution is -0.305. The van der Waals surface area contributed by atoms with Crippen molar-refractivity contribution in [2.24, 2.45) is 0 Å². The summed E-state index contributed by atoms with van der Waals surface area (Å²) in [7, 11) is 0. The molecule has 5 heteroatoms. The van der Waals surface area contributed by atoms with E-state index in [9.17, 15) is 14.7 Å². The Hall–Kier alpha value is -2.82. The van der Waals surface area contributed by atoms with E-state index in [-0.39, 0.29) is 18.7 Å². The highest BCUT2D eigenvalue weighted by atomic mass is 16.4. The molecule has 0 unspecified atom stereocenters. The SMILES string of the molecule is O=C([O-])CCC(=O)N1CCN(c2ccc(-c3ccccc3)cc2)CC1. The number of carboxylic acids is 1. The van der Waals surface area contributed by atoms with E-state index in [0.717, 1.165) is 18.8 Å². The van der Waals surface area contributed by atoms with E-state index in [1.54, 1.807) is 4.90 Å². The zero-order valence-corrected chi connectivity index (χ0v) is 14.1. The number of aliphatic carboxylic acids is 1. The Balaban J connectivity index is 1.56. The molecule has 0 N–H and O–H groups in total. The number of carbonyl (C=O) groups excluding carboxylic acids is 2.